The zero-order valence-electron chi connectivity index (χ0n) is 17.8. The fourth-order valence-corrected chi connectivity index (χ4v) is 5.29. The topological polar surface area (TPSA) is 75.1 Å². The second-order valence-corrected chi connectivity index (χ2v) is 9.05. The molecule has 1 atom stereocenters. The number of carboxylic acids is 1. The number of halogens is 1. The normalized spacial score (nSPS) is 15.1. The Labute approximate surface area is 206 Å². The van der Waals surface area contributed by atoms with E-state index in [1.165, 1.54) is 11.3 Å². The van der Waals surface area contributed by atoms with E-state index < -0.39 is 12.6 Å². The molecule has 2 heterocycles. The minimum absolute atomic E-state index is 0.343. The third-order valence-electron chi connectivity index (χ3n) is 5.29. The molecule has 0 radical (unpaired) electrons. The van der Waals surface area contributed by atoms with Gasteiger partial charge in [-0.15, -0.1) is 11.3 Å². The average molecular weight is 504 g/mol. The van der Waals surface area contributed by atoms with Crippen molar-refractivity contribution in [3.05, 3.63) is 80.8 Å². The maximum Gasteiger partial charge on any atom is 0.341 e. The first-order chi connectivity index (χ1) is 16.0. The highest BCUT2D eigenvalue weighted by molar-refractivity contribution is 7.80. The number of aromatic nitrogens is 1. The molecule has 0 fully saturated rings. The zero-order chi connectivity index (χ0) is 23.4. The molecule has 0 amide bonds. The third-order valence-corrected chi connectivity index (χ3v) is 6.89. The lowest BCUT2D eigenvalue weighted by Crippen LogP contribution is -2.47. The van der Waals surface area contributed by atoms with E-state index in [4.69, 9.17) is 38.5 Å². The van der Waals surface area contributed by atoms with Gasteiger partial charge in [0.1, 0.15) is 5.75 Å². The van der Waals surface area contributed by atoms with E-state index in [-0.39, 0.29) is 6.04 Å². The van der Waals surface area contributed by atoms with E-state index in [9.17, 15) is 4.79 Å². The van der Waals surface area contributed by atoms with Gasteiger partial charge in [-0.2, -0.15) is 0 Å². The van der Waals surface area contributed by atoms with E-state index in [1.807, 2.05) is 35.8 Å². The van der Waals surface area contributed by atoms with Crippen molar-refractivity contribution >= 4 is 46.2 Å². The second-order valence-electron chi connectivity index (χ2n) is 7.36. The number of carbonyl (C=O) groups is 1. The Kier molecular flexibility index (Phi) is 7.44. The Morgan fingerprint density at radius 1 is 1.33 bits per heavy atom. The molecule has 33 heavy (non-hydrogen) atoms. The van der Waals surface area contributed by atoms with E-state index in [0.717, 1.165) is 28.1 Å². The Morgan fingerprint density at radius 2 is 2.12 bits per heavy atom. The van der Waals surface area contributed by atoms with Crippen LogP contribution in [0.2, 0.25) is 5.02 Å². The predicted octanol–water partition coefficient (Wildman–Crippen LogP) is 4.56. The first-order valence-corrected chi connectivity index (χ1v) is 11.9. The van der Waals surface area contributed by atoms with Crippen molar-refractivity contribution in [1.82, 2.24) is 14.9 Å². The number of hydrogen-bond donors (Lipinski definition) is 1. The van der Waals surface area contributed by atoms with Gasteiger partial charge in [-0.05, 0) is 36.0 Å². The van der Waals surface area contributed by atoms with Crippen LogP contribution in [-0.4, -0.2) is 51.4 Å². The molecule has 7 nitrogen and oxygen atoms in total. The number of nitrogens with zero attached hydrogens (tertiary/aromatic N) is 3. The standard InChI is InChI=1S/C23H22ClN3O4S2/c1-30-27(12-15-5-3-2-4-6-15)23(32)26-10-9-18-22(33-14-25-18)21(26)17-11-16(24)7-8-19(17)31-13-20(28)29/h2-8,11,14,21H,9-10,12-13H2,1H3,(H,28,29). The number of fused-ring (bicyclic) bond motifs is 1. The van der Waals surface area contributed by atoms with Crippen LogP contribution in [0.1, 0.15) is 27.7 Å². The molecule has 1 N–H and O–H groups in total. The maximum absolute atomic E-state index is 11.1. The molecule has 1 unspecified atom stereocenters. The lowest BCUT2D eigenvalue weighted by atomic mass is 9.97. The lowest BCUT2D eigenvalue weighted by Gasteiger charge is -2.40. The number of hydrogen-bond acceptors (Lipinski definition) is 6. The summed E-state index contributed by atoms with van der Waals surface area (Å²) in [5.41, 5.74) is 4.58. The van der Waals surface area contributed by atoms with Crippen molar-refractivity contribution in [3.8, 4) is 5.75 Å². The molecule has 2 aromatic carbocycles. The van der Waals surface area contributed by atoms with Gasteiger partial charge in [0.05, 0.1) is 35.8 Å². The van der Waals surface area contributed by atoms with Crippen LogP contribution in [0.5, 0.6) is 5.75 Å². The van der Waals surface area contributed by atoms with Crippen LogP contribution in [0.3, 0.4) is 0 Å². The monoisotopic (exact) mass is 503 g/mol. The summed E-state index contributed by atoms with van der Waals surface area (Å²) in [5.74, 6) is -0.619. The molecule has 0 bridgehead atoms. The fraction of sp³-hybridized carbons (Fsp3) is 0.261. The molecular formula is C23H22ClN3O4S2. The smallest absolute Gasteiger partial charge is 0.341 e. The van der Waals surface area contributed by atoms with Crippen molar-refractivity contribution in [2.45, 2.75) is 19.0 Å². The SMILES string of the molecule is CON(Cc1ccccc1)C(=S)N1CCc2ncsc2C1c1cc(Cl)ccc1OCC(=O)O. The van der Waals surface area contributed by atoms with Crippen LogP contribution in [0.4, 0.5) is 0 Å². The van der Waals surface area contributed by atoms with Gasteiger partial charge >= 0.3 is 5.97 Å². The molecule has 3 aromatic rings. The maximum atomic E-state index is 11.1. The fourth-order valence-electron chi connectivity index (χ4n) is 3.81. The van der Waals surface area contributed by atoms with Crippen LogP contribution in [0.25, 0.3) is 0 Å². The van der Waals surface area contributed by atoms with Gasteiger partial charge in [0, 0.05) is 23.6 Å². The van der Waals surface area contributed by atoms with Gasteiger partial charge in [0.15, 0.2) is 11.7 Å². The summed E-state index contributed by atoms with van der Waals surface area (Å²) in [5, 5.41) is 11.8. The Bertz CT molecular complexity index is 1140. The highest BCUT2D eigenvalue weighted by Gasteiger charge is 2.36. The zero-order valence-corrected chi connectivity index (χ0v) is 20.2. The number of ether oxygens (including phenoxy) is 1. The van der Waals surface area contributed by atoms with Crippen LogP contribution >= 0.6 is 35.2 Å². The molecular weight excluding hydrogens is 482 g/mol. The Morgan fingerprint density at radius 3 is 2.85 bits per heavy atom. The quantitative estimate of drug-likeness (QED) is 0.371. The first kappa shape index (κ1) is 23.4. The van der Waals surface area contributed by atoms with Gasteiger partial charge in [-0.3, -0.25) is 4.84 Å². The number of rotatable bonds is 7. The molecule has 0 saturated heterocycles. The van der Waals surface area contributed by atoms with E-state index >= 15 is 0 Å². The lowest BCUT2D eigenvalue weighted by molar-refractivity contribution is -0.139. The van der Waals surface area contributed by atoms with Crippen molar-refractivity contribution in [3.63, 3.8) is 0 Å². The second kappa shape index (κ2) is 10.5. The third kappa shape index (κ3) is 5.27. The van der Waals surface area contributed by atoms with E-state index in [1.54, 1.807) is 30.4 Å². The van der Waals surface area contributed by atoms with Crippen LogP contribution < -0.4 is 4.74 Å². The van der Waals surface area contributed by atoms with E-state index in [0.29, 0.717) is 29.0 Å². The number of carboxylic acid groups (broad SMARTS) is 1. The van der Waals surface area contributed by atoms with Crippen LogP contribution in [-0.2, 0) is 22.6 Å². The Hall–Kier alpha value is -2.72. The van der Waals surface area contributed by atoms with Gasteiger partial charge in [0.2, 0.25) is 0 Å². The van der Waals surface area contributed by atoms with Gasteiger partial charge < -0.3 is 14.7 Å². The van der Waals surface area contributed by atoms with Gasteiger partial charge in [-0.25, -0.2) is 14.8 Å². The number of benzene rings is 2. The summed E-state index contributed by atoms with van der Waals surface area (Å²) in [7, 11) is 1.59. The summed E-state index contributed by atoms with van der Waals surface area (Å²) in [6.07, 6.45) is 0.726. The Balaban J connectivity index is 1.72. The molecule has 0 spiro atoms. The predicted molar refractivity (Wildman–Crippen MR) is 131 cm³/mol. The van der Waals surface area contributed by atoms with E-state index in [2.05, 4.69) is 9.88 Å². The molecule has 0 saturated carbocycles. The highest BCUT2D eigenvalue weighted by atomic mass is 35.5. The van der Waals surface area contributed by atoms with Crippen molar-refractivity contribution in [2.75, 3.05) is 20.3 Å². The minimum Gasteiger partial charge on any atom is -0.482 e. The molecule has 172 valence electrons. The summed E-state index contributed by atoms with van der Waals surface area (Å²) in [4.78, 5) is 24.4. The first-order valence-electron chi connectivity index (χ1n) is 10.2. The summed E-state index contributed by atoms with van der Waals surface area (Å²) in [6, 6.07) is 14.7. The van der Waals surface area contributed by atoms with Crippen molar-refractivity contribution in [1.29, 1.82) is 0 Å². The molecule has 1 aromatic heterocycles. The number of thiazole rings is 1. The molecule has 0 aliphatic carbocycles. The summed E-state index contributed by atoms with van der Waals surface area (Å²) >= 11 is 13.8. The summed E-state index contributed by atoms with van der Waals surface area (Å²) in [6.45, 7) is 0.631. The minimum atomic E-state index is -1.06. The molecule has 4 rings (SSSR count). The largest absolute Gasteiger partial charge is 0.482 e. The van der Waals surface area contributed by atoms with Gasteiger partial charge in [-0.1, -0.05) is 41.9 Å². The number of hydroxylamine groups is 2. The summed E-state index contributed by atoms with van der Waals surface area (Å²) < 4.78 is 5.62. The molecule has 10 heteroatoms. The van der Waals surface area contributed by atoms with Crippen LogP contribution in [0.15, 0.2) is 54.0 Å². The highest BCUT2D eigenvalue weighted by Crippen LogP contribution is 2.42. The van der Waals surface area contributed by atoms with Gasteiger partial charge in [0.25, 0.3) is 0 Å². The van der Waals surface area contributed by atoms with Crippen molar-refractivity contribution < 1.29 is 19.5 Å². The molecule has 1 aliphatic heterocycles. The molecule has 1 aliphatic rings. The van der Waals surface area contributed by atoms with Crippen molar-refractivity contribution in [2.24, 2.45) is 0 Å². The average Bonchev–Trinajstić information content (AvgIpc) is 3.30. The van der Waals surface area contributed by atoms with Crippen LogP contribution in [0, 0.1) is 0 Å². The number of aliphatic carboxylic acids is 1. The number of thiocarbonyl (C=S) groups is 1.